The van der Waals surface area contributed by atoms with E-state index in [-0.39, 0.29) is 6.61 Å². The zero-order valence-corrected chi connectivity index (χ0v) is 11.0. The van der Waals surface area contributed by atoms with Crippen molar-refractivity contribution in [1.82, 2.24) is 0 Å². The third kappa shape index (κ3) is 15.6. The second-order valence-corrected chi connectivity index (χ2v) is 3.59. The Labute approximate surface area is 107 Å². The summed E-state index contributed by atoms with van der Waals surface area (Å²) >= 11 is 4.96. The maximum atomic E-state index is 10.2. The van der Waals surface area contributed by atoms with Gasteiger partial charge in [0.05, 0.1) is 33.0 Å². The molecular weight excluding hydrogens is 248 g/mol. The van der Waals surface area contributed by atoms with E-state index in [2.05, 4.69) is 11.7 Å². The average Bonchev–Trinajstić information content (AvgIpc) is 2.30. The lowest BCUT2D eigenvalue weighted by Gasteiger charge is -2.06. The molecule has 0 aliphatic rings. The van der Waals surface area contributed by atoms with Crippen LogP contribution in [0.25, 0.3) is 0 Å². The van der Waals surface area contributed by atoms with E-state index in [1.165, 1.54) is 0 Å². The Morgan fingerprint density at radius 1 is 0.882 bits per heavy atom. The van der Waals surface area contributed by atoms with Crippen molar-refractivity contribution in [3.63, 3.8) is 0 Å². The van der Waals surface area contributed by atoms with Crippen molar-refractivity contribution < 1.29 is 23.7 Å². The first-order valence-corrected chi connectivity index (χ1v) is 6.20. The molecule has 0 aliphatic heterocycles. The fraction of sp³-hybridized carbons (Fsp3) is 0.909. The highest BCUT2D eigenvalue weighted by Crippen LogP contribution is 1.89. The summed E-state index contributed by atoms with van der Waals surface area (Å²) in [5, 5.41) is 0. The van der Waals surface area contributed by atoms with Crippen LogP contribution in [0.15, 0.2) is 0 Å². The molecule has 17 heavy (non-hydrogen) atoms. The number of carbonyl (C=O) groups is 1. The van der Waals surface area contributed by atoms with Crippen molar-refractivity contribution in [3.8, 4) is 0 Å². The second kappa shape index (κ2) is 13.7. The Balaban J connectivity index is 2.91. The van der Waals surface area contributed by atoms with E-state index in [9.17, 15) is 4.79 Å². The summed E-state index contributed by atoms with van der Waals surface area (Å²) in [5.74, 6) is 0. The second-order valence-electron chi connectivity index (χ2n) is 3.28. The van der Waals surface area contributed by atoms with Crippen molar-refractivity contribution in [3.05, 3.63) is 0 Å². The number of carbonyl (C=O) groups excluding carboxylic acids is 1. The first-order valence-electron chi connectivity index (χ1n) is 5.83. The Kier molecular flexibility index (Phi) is 13.4. The van der Waals surface area contributed by atoms with Gasteiger partial charge in [-0.05, 0) is 6.42 Å². The van der Waals surface area contributed by atoms with Gasteiger partial charge in [0.15, 0.2) is 0 Å². The molecule has 0 saturated carbocycles. The maximum Gasteiger partial charge on any atom is 0.403 e. The molecule has 0 spiro atoms. The molecule has 0 aromatic carbocycles. The number of hydrogen-bond acceptors (Lipinski definition) is 5. The van der Waals surface area contributed by atoms with Crippen LogP contribution in [0.1, 0.15) is 19.8 Å². The number of hydrogen-bond donors (Lipinski definition) is 0. The summed E-state index contributed by atoms with van der Waals surface area (Å²) in [5.41, 5.74) is -0.811. The van der Waals surface area contributed by atoms with Crippen LogP contribution in [-0.4, -0.2) is 51.7 Å². The van der Waals surface area contributed by atoms with E-state index in [0.29, 0.717) is 33.0 Å². The molecule has 0 aromatic rings. The van der Waals surface area contributed by atoms with Gasteiger partial charge in [0, 0.05) is 18.2 Å². The molecule has 0 saturated heterocycles. The zero-order chi connectivity index (χ0) is 12.8. The van der Waals surface area contributed by atoms with Crippen molar-refractivity contribution >= 4 is 17.0 Å². The smallest absolute Gasteiger partial charge is 0.403 e. The molecular formula is C11H21ClO5. The quantitative estimate of drug-likeness (QED) is 0.401. The molecule has 0 aromatic heterocycles. The largest absolute Gasteiger partial charge is 0.451 e. The minimum atomic E-state index is -0.811. The maximum absolute atomic E-state index is 10.2. The molecule has 0 aliphatic carbocycles. The Morgan fingerprint density at radius 2 is 1.35 bits per heavy atom. The van der Waals surface area contributed by atoms with Crippen LogP contribution in [0.4, 0.5) is 4.79 Å². The van der Waals surface area contributed by atoms with Crippen LogP contribution < -0.4 is 0 Å². The Morgan fingerprint density at radius 3 is 1.82 bits per heavy atom. The molecule has 102 valence electrons. The van der Waals surface area contributed by atoms with Gasteiger partial charge in [-0.1, -0.05) is 13.3 Å². The zero-order valence-electron chi connectivity index (χ0n) is 10.3. The summed E-state index contributed by atoms with van der Waals surface area (Å²) in [6.45, 7) is 5.57. The summed E-state index contributed by atoms with van der Waals surface area (Å²) in [7, 11) is 0. The van der Waals surface area contributed by atoms with Crippen molar-refractivity contribution in [1.29, 1.82) is 0 Å². The first-order chi connectivity index (χ1) is 8.27. The summed E-state index contributed by atoms with van der Waals surface area (Å²) < 4.78 is 20.2. The predicted octanol–water partition coefficient (Wildman–Crippen LogP) is 2.21. The predicted molar refractivity (Wildman–Crippen MR) is 64.6 cm³/mol. The van der Waals surface area contributed by atoms with Gasteiger partial charge in [-0.3, -0.25) is 0 Å². The van der Waals surface area contributed by atoms with Crippen LogP contribution in [0.3, 0.4) is 0 Å². The number of rotatable bonds is 12. The molecule has 0 atom stereocenters. The van der Waals surface area contributed by atoms with Gasteiger partial charge in [-0.25, -0.2) is 4.79 Å². The minimum Gasteiger partial charge on any atom is -0.451 e. The van der Waals surface area contributed by atoms with Gasteiger partial charge in [0.1, 0.15) is 6.61 Å². The van der Waals surface area contributed by atoms with Crippen LogP contribution in [0, 0.1) is 0 Å². The highest BCUT2D eigenvalue weighted by Gasteiger charge is 1.95. The van der Waals surface area contributed by atoms with E-state index in [4.69, 9.17) is 25.8 Å². The molecule has 0 rings (SSSR count). The van der Waals surface area contributed by atoms with Crippen LogP contribution in [-0.2, 0) is 18.9 Å². The van der Waals surface area contributed by atoms with E-state index in [1.807, 2.05) is 0 Å². The van der Waals surface area contributed by atoms with Gasteiger partial charge in [0.25, 0.3) is 0 Å². The Hall–Kier alpha value is -0.360. The van der Waals surface area contributed by atoms with Crippen molar-refractivity contribution in [2.45, 2.75) is 19.8 Å². The monoisotopic (exact) mass is 268 g/mol. The molecule has 0 N–H and O–H groups in total. The molecule has 5 nitrogen and oxygen atoms in total. The van der Waals surface area contributed by atoms with Crippen molar-refractivity contribution in [2.24, 2.45) is 0 Å². The van der Waals surface area contributed by atoms with E-state index >= 15 is 0 Å². The standard InChI is InChI=1S/C11H21ClO5/c1-2-3-4-14-5-6-15-7-8-16-9-10-17-11(12)13/h2-10H2,1H3. The van der Waals surface area contributed by atoms with Crippen LogP contribution in [0.5, 0.6) is 0 Å². The summed E-state index contributed by atoms with van der Waals surface area (Å²) in [4.78, 5) is 10.2. The van der Waals surface area contributed by atoms with E-state index in [0.717, 1.165) is 19.4 Å². The molecule has 0 fully saturated rings. The molecule has 6 heteroatoms. The van der Waals surface area contributed by atoms with Crippen molar-refractivity contribution in [2.75, 3.05) is 46.2 Å². The van der Waals surface area contributed by atoms with Crippen LogP contribution >= 0.6 is 11.6 Å². The highest BCUT2D eigenvalue weighted by molar-refractivity contribution is 6.61. The highest BCUT2D eigenvalue weighted by atomic mass is 35.5. The topological polar surface area (TPSA) is 54.0 Å². The fourth-order valence-electron chi connectivity index (χ4n) is 0.969. The Bertz CT molecular complexity index is 177. The fourth-order valence-corrected chi connectivity index (χ4v) is 1.05. The lowest BCUT2D eigenvalue weighted by molar-refractivity contribution is 0.00668. The molecule has 0 bridgehead atoms. The SMILES string of the molecule is CCCCOCCOCCOCCOC(=O)Cl. The van der Waals surface area contributed by atoms with Gasteiger partial charge in [0.2, 0.25) is 0 Å². The minimum absolute atomic E-state index is 0.169. The normalized spacial score (nSPS) is 10.5. The lowest BCUT2D eigenvalue weighted by atomic mass is 10.4. The van der Waals surface area contributed by atoms with Crippen LogP contribution in [0.2, 0.25) is 0 Å². The van der Waals surface area contributed by atoms with E-state index < -0.39 is 5.43 Å². The molecule has 0 unspecified atom stereocenters. The lowest BCUT2D eigenvalue weighted by Crippen LogP contribution is -2.12. The number of ether oxygens (including phenoxy) is 4. The molecule has 0 radical (unpaired) electrons. The first kappa shape index (κ1) is 16.6. The van der Waals surface area contributed by atoms with Gasteiger partial charge in [-0.2, -0.15) is 0 Å². The van der Waals surface area contributed by atoms with E-state index in [1.54, 1.807) is 0 Å². The number of halogens is 1. The molecule has 0 amide bonds. The summed E-state index contributed by atoms with van der Waals surface area (Å²) in [6.07, 6.45) is 2.23. The summed E-state index contributed by atoms with van der Waals surface area (Å²) in [6, 6.07) is 0. The third-order valence-electron chi connectivity index (χ3n) is 1.83. The number of unbranched alkanes of at least 4 members (excludes halogenated alkanes) is 1. The van der Waals surface area contributed by atoms with Gasteiger partial charge < -0.3 is 18.9 Å². The van der Waals surface area contributed by atoms with Gasteiger partial charge in [-0.15, -0.1) is 0 Å². The molecule has 0 heterocycles. The average molecular weight is 269 g/mol. The van der Waals surface area contributed by atoms with Gasteiger partial charge >= 0.3 is 5.43 Å². The third-order valence-corrected chi connectivity index (χ3v) is 1.94.